The van der Waals surface area contributed by atoms with Crippen molar-refractivity contribution in [2.75, 3.05) is 26.2 Å². The van der Waals surface area contributed by atoms with Crippen LogP contribution >= 0.6 is 24.0 Å². The first-order chi connectivity index (χ1) is 12.2. The zero-order valence-electron chi connectivity index (χ0n) is 15.2. The van der Waals surface area contributed by atoms with E-state index in [1.165, 1.54) is 5.56 Å². The molecule has 1 aromatic carbocycles. The number of guanidine groups is 1. The maximum absolute atomic E-state index is 10.2. The van der Waals surface area contributed by atoms with Crippen molar-refractivity contribution in [3.05, 3.63) is 59.9 Å². The largest absolute Gasteiger partial charge is 0.492 e. The average molecular weight is 470 g/mol. The summed E-state index contributed by atoms with van der Waals surface area (Å²) in [6.07, 6.45) is 2.67. The van der Waals surface area contributed by atoms with Crippen LogP contribution in [0.3, 0.4) is 0 Å². The molecule has 1 aromatic heterocycles. The van der Waals surface area contributed by atoms with E-state index in [-0.39, 0.29) is 30.5 Å². The molecule has 0 bridgehead atoms. The fourth-order valence-corrected chi connectivity index (χ4v) is 2.18. The molecule has 7 heteroatoms. The van der Waals surface area contributed by atoms with Gasteiger partial charge in [-0.05, 0) is 43.7 Å². The first-order valence-electron chi connectivity index (χ1n) is 8.48. The molecule has 2 rings (SSSR count). The minimum atomic E-state index is -0.651. The van der Waals surface area contributed by atoms with Gasteiger partial charge >= 0.3 is 0 Å². The number of nitrogens with one attached hydrogen (secondary N) is 2. The van der Waals surface area contributed by atoms with Crippen LogP contribution in [0.4, 0.5) is 0 Å². The topological polar surface area (TPSA) is 78.8 Å². The predicted octanol–water partition coefficient (Wildman–Crippen LogP) is 2.68. The Kier molecular flexibility index (Phi) is 10.6. The van der Waals surface area contributed by atoms with Crippen LogP contribution in [0, 0.1) is 6.92 Å². The Balaban J connectivity index is 0.00000338. The fourth-order valence-electron chi connectivity index (χ4n) is 2.18. The summed E-state index contributed by atoms with van der Waals surface area (Å²) in [5.41, 5.74) is 2.01. The molecule has 0 fully saturated rings. The molecule has 142 valence electrons. The molecule has 0 radical (unpaired) electrons. The summed E-state index contributed by atoms with van der Waals surface area (Å²) >= 11 is 0. The number of aliphatic hydroxyl groups excluding tert-OH is 1. The van der Waals surface area contributed by atoms with E-state index in [9.17, 15) is 5.11 Å². The number of hydrogen-bond donors (Lipinski definition) is 3. The van der Waals surface area contributed by atoms with Crippen molar-refractivity contribution in [3.63, 3.8) is 0 Å². The molecule has 2 aromatic rings. The van der Waals surface area contributed by atoms with Crippen LogP contribution < -0.4 is 15.4 Å². The highest BCUT2D eigenvalue weighted by atomic mass is 127. The van der Waals surface area contributed by atoms with Crippen LogP contribution in [0.15, 0.2) is 53.8 Å². The SMILES string of the molecule is CCNC(=NCC(O)c1ccncc1)NCCOc1ccc(C)cc1.I. The summed E-state index contributed by atoms with van der Waals surface area (Å²) in [6.45, 7) is 6.21. The highest BCUT2D eigenvalue weighted by molar-refractivity contribution is 14.0. The first kappa shape index (κ1) is 22.2. The van der Waals surface area contributed by atoms with Crippen molar-refractivity contribution in [2.45, 2.75) is 20.0 Å². The van der Waals surface area contributed by atoms with Gasteiger partial charge in [-0.25, -0.2) is 0 Å². The van der Waals surface area contributed by atoms with Crippen LogP contribution in [0.2, 0.25) is 0 Å². The summed E-state index contributed by atoms with van der Waals surface area (Å²) < 4.78 is 5.68. The number of pyridine rings is 1. The van der Waals surface area contributed by atoms with Crippen LogP contribution in [0.1, 0.15) is 24.2 Å². The normalized spacial score (nSPS) is 12.0. The molecule has 0 aliphatic rings. The Labute approximate surface area is 172 Å². The second kappa shape index (κ2) is 12.5. The number of aliphatic hydroxyl groups is 1. The summed E-state index contributed by atoms with van der Waals surface area (Å²) in [5.74, 6) is 1.51. The van der Waals surface area contributed by atoms with Crippen LogP contribution in [0.25, 0.3) is 0 Å². The molecule has 26 heavy (non-hydrogen) atoms. The monoisotopic (exact) mass is 470 g/mol. The molecular weight excluding hydrogens is 443 g/mol. The molecule has 0 saturated carbocycles. The zero-order valence-corrected chi connectivity index (χ0v) is 17.5. The van der Waals surface area contributed by atoms with Crippen molar-refractivity contribution >= 4 is 29.9 Å². The van der Waals surface area contributed by atoms with E-state index in [1.807, 2.05) is 38.1 Å². The number of aliphatic imine (C=N–C) groups is 1. The van der Waals surface area contributed by atoms with Crippen molar-refractivity contribution < 1.29 is 9.84 Å². The van der Waals surface area contributed by atoms with Gasteiger partial charge in [0.25, 0.3) is 0 Å². The molecule has 0 aliphatic heterocycles. The molecule has 0 amide bonds. The molecule has 0 spiro atoms. The fraction of sp³-hybridized carbons (Fsp3) is 0.368. The summed E-state index contributed by atoms with van der Waals surface area (Å²) in [4.78, 5) is 8.36. The summed E-state index contributed by atoms with van der Waals surface area (Å²) in [7, 11) is 0. The van der Waals surface area contributed by atoms with Gasteiger partial charge < -0.3 is 20.5 Å². The van der Waals surface area contributed by atoms with Gasteiger partial charge in [-0.2, -0.15) is 0 Å². The molecule has 0 aliphatic carbocycles. The van der Waals surface area contributed by atoms with E-state index >= 15 is 0 Å². The van der Waals surface area contributed by atoms with Crippen molar-refractivity contribution in [2.24, 2.45) is 4.99 Å². The lowest BCUT2D eigenvalue weighted by Gasteiger charge is -2.13. The number of ether oxygens (including phenoxy) is 1. The number of aromatic nitrogens is 1. The van der Waals surface area contributed by atoms with Gasteiger partial charge in [0.2, 0.25) is 0 Å². The summed E-state index contributed by atoms with van der Waals surface area (Å²) in [6, 6.07) is 11.5. The first-order valence-corrected chi connectivity index (χ1v) is 8.48. The van der Waals surface area contributed by atoms with E-state index in [1.54, 1.807) is 24.5 Å². The number of aryl methyl sites for hydroxylation is 1. The van der Waals surface area contributed by atoms with E-state index in [2.05, 4.69) is 20.6 Å². The predicted molar refractivity (Wildman–Crippen MR) is 115 cm³/mol. The highest BCUT2D eigenvalue weighted by Crippen LogP contribution is 2.11. The highest BCUT2D eigenvalue weighted by Gasteiger charge is 2.06. The zero-order chi connectivity index (χ0) is 17.9. The van der Waals surface area contributed by atoms with E-state index in [0.717, 1.165) is 17.9 Å². The van der Waals surface area contributed by atoms with Crippen molar-refractivity contribution in [1.82, 2.24) is 15.6 Å². The second-order valence-electron chi connectivity index (χ2n) is 5.60. The van der Waals surface area contributed by atoms with Gasteiger partial charge in [0.15, 0.2) is 5.96 Å². The number of nitrogens with zero attached hydrogens (tertiary/aromatic N) is 2. The van der Waals surface area contributed by atoms with Gasteiger partial charge in [0.05, 0.1) is 19.2 Å². The lowest BCUT2D eigenvalue weighted by molar-refractivity contribution is 0.187. The van der Waals surface area contributed by atoms with Gasteiger partial charge in [-0.1, -0.05) is 17.7 Å². The number of hydrogen-bond acceptors (Lipinski definition) is 4. The lowest BCUT2D eigenvalue weighted by Crippen LogP contribution is -2.39. The Morgan fingerprint density at radius 1 is 1.15 bits per heavy atom. The second-order valence-corrected chi connectivity index (χ2v) is 5.60. The van der Waals surface area contributed by atoms with Gasteiger partial charge in [0.1, 0.15) is 12.4 Å². The molecule has 6 nitrogen and oxygen atoms in total. The van der Waals surface area contributed by atoms with Gasteiger partial charge in [-0.15, -0.1) is 24.0 Å². The minimum Gasteiger partial charge on any atom is -0.492 e. The van der Waals surface area contributed by atoms with E-state index in [4.69, 9.17) is 4.74 Å². The third-order valence-corrected chi connectivity index (χ3v) is 3.54. The molecule has 0 saturated heterocycles. The molecular formula is C19H27IN4O2. The quantitative estimate of drug-likeness (QED) is 0.239. The van der Waals surface area contributed by atoms with Gasteiger partial charge in [-0.3, -0.25) is 9.98 Å². The standard InChI is InChI=1S/C19H26N4O2.HI/c1-3-21-19(23-14-18(24)16-8-10-20-11-9-16)22-12-13-25-17-6-4-15(2)5-7-17;/h4-11,18,24H,3,12-14H2,1-2H3,(H2,21,22,23);1H. The molecule has 1 unspecified atom stereocenters. The third-order valence-electron chi connectivity index (χ3n) is 3.54. The minimum absolute atomic E-state index is 0. The molecule has 1 heterocycles. The number of benzene rings is 1. The summed E-state index contributed by atoms with van der Waals surface area (Å²) in [5, 5.41) is 16.5. The number of rotatable bonds is 8. The van der Waals surface area contributed by atoms with E-state index in [0.29, 0.717) is 19.1 Å². The molecule has 1 atom stereocenters. The third kappa shape index (κ3) is 8.01. The maximum atomic E-state index is 10.2. The van der Waals surface area contributed by atoms with Gasteiger partial charge in [0, 0.05) is 18.9 Å². The van der Waals surface area contributed by atoms with Crippen LogP contribution in [0.5, 0.6) is 5.75 Å². The van der Waals surface area contributed by atoms with Crippen LogP contribution in [-0.4, -0.2) is 42.3 Å². The maximum Gasteiger partial charge on any atom is 0.191 e. The Bertz CT molecular complexity index is 650. The van der Waals surface area contributed by atoms with Crippen LogP contribution in [-0.2, 0) is 0 Å². The van der Waals surface area contributed by atoms with E-state index < -0.39 is 6.10 Å². The Hall–Kier alpha value is -1.87. The lowest BCUT2D eigenvalue weighted by atomic mass is 10.1. The Morgan fingerprint density at radius 3 is 2.50 bits per heavy atom. The Morgan fingerprint density at radius 2 is 1.85 bits per heavy atom. The van der Waals surface area contributed by atoms with Crippen molar-refractivity contribution in [3.8, 4) is 5.75 Å². The van der Waals surface area contributed by atoms with Crippen molar-refractivity contribution in [1.29, 1.82) is 0 Å². The average Bonchev–Trinajstić information content (AvgIpc) is 2.65. The smallest absolute Gasteiger partial charge is 0.191 e. The number of halogens is 1. The molecule has 3 N–H and O–H groups in total.